The predicted octanol–water partition coefficient (Wildman–Crippen LogP) is 4.05. The van der Waals surface area contributed by atoms with E-state index in [0.29, 0.717) is 22.5 Å². The average Bonchev–Trinajstić information content (AvgIpc) is 2.37. The number of hydrogen-bond donors (Lipinski definition) is 1. The van der Waals surface area contributed by atoms with Gasteiger partial charge in [-0.3, -0.25) is 0 Å². The number of aromatic carboxylic acids is 1. The molecule has 0 amide bonds. The van der Waals surface area contributed by atoms with Gasteiger partial charge in [0.25, 0.3) is 0 Å². The van der Waals surface area contributed by atoms with E-state index in [4.69, 9.17) is 11.6 Å². The van der Waals surface area contributed by atoms with Crippen LogP contribution in [0, 0.1) is 5.92 Å². The Morgan fingerprint density at radius 2 is 2.16 bits per heavy atom. The maximum atomic E-state index is 11.3. The van der Waals surface area contributed by atoms with E-state index in [-0.39, 0.29) is 0 Å². The van der Waals surface area contributed by atoms with E-state index in [2.05, 4.69) is 11.8 Å². The van der Waals surface area contributed by atoms with E-state index in [9.17, 15) is 9.90 Å². The van der Waals surface area contributed by atoms with Crippen molar-refractivity contribution < 1.29 is 9.90 Å². The zero-order chi connectivity index (χ0) is 14.0. The van der Waals surface area contributed by atoms with E-state index < -0.39 is 5.97 Å². The first-order chi connectivity index (χ1) is 8.99. The lowest BCUT2D eigenvalue weighted by Crippen LogP contribution is -2.36. The Morgan fingerprint density at radius 1 is 1.42 bits per heavy atom. The lowest BCUT2D eigenvalue weighted by atomic mass is 9.86. The van der Waals surface area contributed by atoms with Crippen LogP contribution in [-0.4, -0.2) is 24.2 Å². The van der Waals surface area contributed by atoms with Crippen LogP contribution in [0.1, 0.15) is 43.0 Å². The van der Waals surface area contributed by atoms with E-state index in [1.54, 1.807) is 18.2 Å². The van der Waals surface area contributed by atoms with Gasteiger partial charge in [-0.25, -0.2) is 4.79 Å². The van der Waals surface area contributed by atoms with Crippen molar-refractivity contribution in [1.82, 2.24) is 0 Å². The molecule has 4 heteroatoms. The highest BCUT2D eigenvalue weighted by Gasteiger charge is 2.25. The Labute approximate surface area is 119 Å². The van der Waals surface area contributed by atoms with Gasteiger partial charge in [0.2, 0.25) is 0 Å². The largest absolute Gasteiger partial charge is 0.478 e. The van der Waals surface area contributed by atoms with Gasteiger partial charge in [0.1, 0.15) is 0 Å². The molecule has 1 aromatic rings. The molecule has 0 aromatic heterocycles. The molecule has 0 spiro atoms. The summed E-state index contributed by atoms with van der Waals surface area (Å²) in [4.78, 5) is 13.4. The van der Waals surface area contributed by atoms with Crippen molar-refractivity contribution in [1.29, 1.82) is 0 Å². The van der Waals surface area contributed by atoms with Crippen LogP contribution in [0.15, 0.2) is 18.2 Å². The van der Waals surface area contributed by atoms with Gasteiger partial charge >= 0.3 is 5.97 Å². The number of carboxylic acid groups (broad SMARTS) is 1. The molecule has 0 heterocycles. The molecule has 1 aromatic carbocycles. The molecule has 3 nitrogen and oxygen atoms in total. The van der Waals surface area contributed by atoms with E-state index in [1.165, 1.54) is 12.8 Å². The minimum Gasteiger partial charge on any atom is -0.478 e. The van der Waals surface area contributed by atoms with Gasteiger partial charge in [0.05, 0.1) is 11.3 Å². The highest BCUT2D eigenvalue weighted by molar-refractivity contribution is 6.31. The molecule has 19 heavy (non-hydrogen) atoms. The minimum absolute atomic E-state index is 0.324. The van der Waals surface area contributed by atoms with Crippen LogP contribution in [0.25, 0.3) is 0 Å². The number of halogens is 1. The number of hydrogen-bond acceptors (Lipinski definition) is 2. The first-order valence-electron chi connectivity index (χ1n) is 6.74. The van der Waals surface area contributed by atoms with Gasteiger partial charge in [0.15, 0.2) is 0 Å². The molecule has 1 aliphatic carbocycles. The van der Waals surface area contributed by atoms with E-state index >= 15 is 0 Å². The molecule has 0 saturated heterocycles. The summed E-state index contributed by atoms with van der Waals surface area (Å²) < 4.78 is 0. The maximum absolute atomic E-state index is 11.3. The van der Waals surface area contributed by atoms with Gasteiger partial charge in [-0.05, 0) is 37.0 Å². The van der Waals surface area contributed by atoms with Crippen molar-refractivity contribution in [2.24, 2.45) is 5.92 Å². The number of carboxylic acids is 1. The number of carbonyl (C=O) groups is 1. The first kappa shape index (κ1) is 14.2. The third-order valence-corrected chi connectivity index (χ3v) is 4.26. The zero-order valence-corrected chi connectivity index (χ0v) is 12.2. The summed E-state index contributed by atoms with van der Waals surface area (Å²) in [7, 11) is 1.97. The monoisotopic (exact) mass is 281 g/mol. The fourth-order valence-electron chi connectivity index (χ4n) is 2.93. The molecule has 0 aliphatic heterocycles. The Kier molecular flexibility index (Phi) is 4.35. The second-order valence-electron chi connectivity index (χ2n) is 5.50. The maximum Gasteiger partial charge on any atom is 0.337 e. The van der Waals surface area contributed by atoms with Gasteiger partial charge in [-0.15, -0.1) is 0 Å². The lowest BCUT2D eigenvalue weighted by molar-refractivity contribution is 0.0697. The molecular formula is C15H20ClNO2. The van der Waals surface area contributed by atoms with Crippen LogP contribution in [0.5, 0.6) is 0 Å². The lowest BCUT2D eigenvalue weighted by Gasteiger charge is -2.36. The van der Waals surface area contributed by atoms with Crippen molar-refractivity contribution in [2.45, 2.75) is 38.6 Å². The van der Waals surface area contributed by atoms with Gasteiger partial charge < -0.3 is 10.0 Å². The van der Waals surface area contributed by atoms with Gasteiger partial charge in [-0.2, -0.15) is 0 Å². The second-order valence-corrected chi connectivity index (χ2v) is 5.94. The molecule has 0 bridgehead atoms. The van der Waals surface area contributed by atoms with E-state index in [1.807, 2.05) is 7.05 Å². The fourth-order valence-corrected chi connectivity index (χ4v) is 3.09. The third-order valence-electron chi connectivity index (χ3n) is 4.03. The minimum atomic E-state index is -0.901. The Balaban J connectivity index is 2.29. The summed E-state index contributed by atoms with van der Waals surface area (Å²) in [6, 6.07) is 5.37. The summed E-state index contributed by atoms with van der Waals surface area (Å²) in [5.74, 6) is -0.198. The van der Waals surface area contributed by atoms with Crippen molar-refractivity contribution in [3.05, 3.63) is 28.8 Å². The van der Waals surface area contributed by atoms with Gasteiger partial charge in [0, 0.05) is 18.1 Å². The number of anilines is 1. The standard InChI is InChI=1S/C15H20ClNO2/c1-10-4-3-5-12(8-10)17(2)14-9-11(16)6-7-13(14)15(18)19/h6-7,9-10,12H,3-5,8H2,1-2H3,(H,18,19). The van der Waals surface area contributed by atoms with Crippen molar-refractivity contribution >= 4 is 23.3 Å². The summed E-state index contributed by atoms with van der Waals surface area (Å²) in [5.41, 5.74) is 1.05. The average molecular weight is 282 g/mol. The second kappa shape index (κ2) is 5.83. The smallest absolute Gasteiger partial charge is 0.337 e. The molecule has 104 valence electrons. The molecule has 1 saturated carbocycles. The summed E-state index contributed by atoms with van der Waals surface area (Å²) >= 11 is 6.01. The van der Waals surface area contributed by atoms with E-state index in [0.717, 1.165) is 18.5 Å². The Hall–Kier alpha value is -1.22. The van der Waals surface area contributed by atoms with Crippen molar-refractivity contribution in [2.75, 3.05) is 11.9 Å². The molecule has 1 fully saturated rings. The van der Waals surface area contributed by atoms with Crippen LogP contribution in [-0.2, 0) is 0 Å². The molecular weight excluding hydrogens is 262 g/mol. The molecule has 1 aliphatic rings. The number of benzene rings is 1. The summed E-state index contributed by atoms with van der Waals surface area (Å²) in [5, 5.41) is 9.87. The highest BCUT2D eigenvalue weighted by atomic mass is 35.5. The van der Waals surface area contributed by atoms with Crippen LogP contribution in [0.2, 0.25) is 5.02 Å². The number of nitrogens with zero attached hydrogens (tertiary/aromatic N) is 1. The van der Waals surface area contributed by atoms with Crippen LogP contribution >= 0.6 is 11.6 Å². The molecule has 2 unspecified atom stereocenters. The highest BCUT2D eigenvalue weighted by Crippen LogP contribution is 2.32. The molecule has 0 radical (unpaired) electrons. The first-order valence-corrected chi connectivity index (χ1v) is 7.12. The summed E-state index contributed by atoms with van der Waals surface area (Å²) in [6.07, 6.45) is 4.71. The molecule has 2 rings (SSSR count). The van der Waals surface area contributed by atoms with Crippen LogP contribution in [0.3, 0.4) is 0 Å². The quantitative estimate of drug-likeness (QED) is 0.908. The SMILES string of the molecule is CC1CCCC(N(C)c2cc(Cl)ccc2C(=O)O)C1. The fraction of sp³-hybridized carbons (Fsp3) is 0.533. The Bertz CT molecular complexity index is 475. The predicted molar refractivity (Wildman–Crippen MR) is 78.2 cm³/mol. The van der Waals surface area contributed by atoms with Crippen LogP contribution < -0.4 is 4.90 Å². The number of rotatable bonds is 3. The van der Waals surface area contributed by atoms with Crippen molar-refractivity contribution in [3.8, 4) is 0 Å². The topological polar surface area (TPSA) is 40.5 Å². The normalized spacial score (nSPS) is 23.1. The van der Waals surface area contributed by atoms with Crippen molar-refractivity contribution in [3.63, 3.8) is 0 Å². The Morgan fingerprint density at radius 3 is 2.79 bits per heavy atom. The summed E-state index contributed by atoms with van der Waals surface area (Å²) in [6.45, 7) is 2.26. The van der Waals surface area contributed by atoms with Crippen LogP contribution in [0.4, 0.5) is 5.69 Å². The molecule has 1 N–H and O–H groups in total. The zero-order valence-electron chi connectivity index (χ0n) is 11.4. The third kappa shape index (κ3) is 3.21. The van der Waals surface area contributed by atoms with Gasteiger partial charge in [-0.1, -0.05) is 31.4 Å². The molecule has 2 atom stereocenters.